The van der Waals surface area contributed by atoms with E-state index in [0.717, 1.165) is 17.0 Å². The second-order valence-electron chi connectivity index (χ2n) is 3.84. The van der Waals surface area contributed by atoms with Gasteiger partial charge in [-0.25, -0.2) is 0 Å². The quantitative estimate of drug-likeness (QED) is 0.513. The summed E-state index contributed by atoms with van der Waals surface area (Å²) in [6, 6.07) is 11.2. The Bertz CT molecular complexity index is 601. The van der Waals surface area contributed by atoms with E-state index in [1.165, 1.54) is 0 Å². The molecular weight excluding hydrogens is 272 g/mol. The first-order valence-corrected chi connectivity index (χ1v) is 6.33. The molecule has 0 radical (unpaired) electrons. The third kappa shape index (κ3) is 4.33. The van der Waals surface area contributed by atoms with Gasteiger partial charge in [0, 0.05) is 24.1 Å². The summed E-state index contributed by atoms with van der Waals surface area (Å²) in [5, 5.41) is 7.47. The van der Waals surface area contributed by atoms with Crippen molar-refractivity contribution in [2.24, 2.45) is 5.10 Å². The molecule has 0 aliphatic carbocycles. The third-order valence-corrected chi connectivity index (χ3v) is 2.61. The fourth-order valence-electron chi connectivity index (χ4n) is 1.47. The van der Waals surface area contributed by atoms with Gasteiger partial charge in [0.15, 0.2) is 5.11 Å². The fourth-order valence-corrected chi connectivity index (χ4v) is 1.65. The van der Waals surface area contributed by atoms with Crippen molar-refractivity contribution in [2.45, 2.75) is 0 Å². The number of hydrogen-bond donors (Lipinski definition) is 2. The van der Waals surface area contributed by atoms with Crippen LogP contribution in [0.4, 0.5) is 5.69 Å². The van der Waals surface area contributed by atoms with E-state index in [4.69, 9.17) is 17.0 Å². The smallest absolute Gasteiger partial charge is 0.191 e. The number of aromatic nitrogens is 1. The van der Waals surface area contributed by atoms with Crippen molar-refractivity contribution < 1.29 is 4.74 Å². The molecule has 0 unspecified atom stereocenters. The summed E-state index contributed by atoms with van der Waals surface area (Å²) in [5.41, 5.74) is 4.52. The Morgan fingerprint density at radius 3 is 2.85 bits per heavy atom. The number of benzene rings is 1. The van der Waals surface area contributed by atoms with Gasteiger partial charge >= 0.3 is 0 Å². The molecule has 0 aliphatic rings. The summed E-state index contributed by atoms with van der Waals surface area (Å²) in [6.07, 6.45) is 5.07. The molecule has 0 aliphatic heterocycles. The van der Waals surface area contributed by atoms with Crippen molar-refractivity contribution in [3.05, 3.63) is 54.4 Å². The maximum atomic E-state index is 5.14. The lowest BCUT2D eigenvalue weighted by molar-refractivity contribution is 0.415. The van der Waals surface area contributed by atoms with E-state index in [1.807, 2.05) is 36.4 Å². The van der Waals surface area contributed by atoms with Gasteiger partial charge in [-0.2, -0.15) is 5.10 Å². The Morgan fingerprint density at radius 2 is 2.10 bits per heavy atom. The molecule has 20 heavy (non-hydrogen) atoms. The zero-order valence-electron chi connectivity index (χ0n) is 10.9. The minimum absolute atomic E-state index is 0.406. The number of ether oxygens (including phenoxy) is 1. The standard InChI is InChI=1S/C14H14N4OS/c1-19-13-4-2-3-12(9-13)17-14(20)18-16-10-11-5-7-15-8-6-11/h2-10H,1H3,(H2,17,18,20)/b16-10+. The number of thiocarbonyl (C=S) groups is 1. The molecule has 0 saturated carbocycles. The number of hydrazone groups is 1. The zero-order valence-corrected chi connectivity index (χ0v) is 11.7. The number of pyridine rings is 1. The predicted octanol–water partition coefficient (Wildman–Crippen LogP) is 2.41. The van der Waals surface area contributed by atoms with Crippen LogP contribution in [-0.2, 0) is 0 Å². The maximum Gasteiger partial charge on any atom is 0.191 e. The number of methoxy groups -OCH3 is 1. The fraction of sp³-hybridized carbons (Fsp3) is 0.0714. The van der Waals surface area contributed by atoms with Crippen molar-refractivity contribution >= 4 is 29.2 Å². The van der Waals surface area contributed by atoms with Crippen LogP contribution in [0, 0.1) is 0 Å². The number of nitrogens with one attached hydrogen (secondary N) is 2. The van der Waals surface area contributed by atoms with Gasteiger partial charge in [0.1, 0.15) is 5.75 Å². The van der Waals surface area contributed by atoms with E-state index in [2.05, 4.69) is 20.8 Å². The van der Waals surface area contributed by atoms with E-state index in [0.29, 0.717) is 5.11 Å². The second kappa shape index (κ2) is 7.20. The average Bonchev–Trinajstić information content (AvgIpc) is 2.48. The molecule has 0 bridgehead atoms. The van der Waals surface area contributed by atoms with E-state index in [-0.39, 0.29) is 0 Å². The van der Waals surface area contributed by atoms with Gasteiger partial charge in [0.2, 0.25) is 0 Å². The van der Waals surface area contributed by atoms with Gasteiger partial charge in [-0.05, 0) is 42.0 Å². The molecule has 1 aromatic heterocycles. The van der Waals surface area contributed by atoms with E-state index < -0.39 is 0 Å². The molecule has 0 atom stereocenters. The number of nitrogens with zero attached hydrogens (tertiary/aromatic N) is 2. The van der Waals surface area contributed by atoms with Crippen molar-refractivity contribution in [2.75, 3.05) is 12.4 Å². The van der Waals surface area contributed by atoms with Gasteiger partial charge in [0.05, 0.1) is 13.3 Å². The molecule has 0 saturated heterocycles. The van der Waals surface area contributed by atoms with Crippen LogP contribution in [0.1, 0.15) is 5.56 Å². The number of rotatable bonds is 4. The molecule has 1 heterocycles. The second-order valence-corrected chi connectivity index (χ2v) is 4.24. The summed E-state index contributed by atoms with van der Waals surface area (Å²) in [5.74, 6) is 0.762. The SMILES string of the molecule is COc1cccc(NC(=S)N/N=C/c2ccncc2)c1. The highest BCUT2D eigenvalue weighted by atomic mass is 32.1. The largest absolute Gasteiger partial charge is 0.497 e. The summed E-state index contributed by atoms with van der Waals surface area (Å²) in [4.78, 5) is 3.93. The minimum atomic E-state index is 0.406. The van der Waals surface area contributed by atoms with Crippen LogP contribution < -0.4 is 15.5 Å². The van der Waals surface area contributed by atoms with Crippen molar-refractivity contribution in [3.63, 3.8) is 0 Å². The molecule has 2 aromatic rings. The molecule has 5 nitrogen and oxygen atoms in total. The van der Waals surface area contributed by atoms with Gasteiger partial charge in [-0.15, -0.1) is 0 Å². The highest BCUT2D eigenvalue weighted by Crippen LogP contribution is 2.16. The van der Waals surface area contributed by atoms with E-state index in [1.54, 1.807) is 25.7 Å². The lowest BCUT2D eigenvalue weighted by Gasteiger charge is -2.08. The molecular formula is C14H14N4OS. The van der Waals surface area contributed by atoms with Crippen LogP contribution in [0.2, 0.25) is 0 Å². The molecule has 1 aromatic carbocycles. The minimum Gasteiger partial charge on any atom is -0.497 e. The van der Waals surface area contributed by atoms with E-state index >= 15 is 0 Å². The van der Waals surface area contributed by atoms with Gasteiger partial charge in [-0.3, -0.25) is 10.4 Å². The van der Waals surface area contributed by atoms with Crippen LogP contribution in [0.25, 0.3) is 0 Å². The number of hydrogen-bond acceptors (Lipinski definition) is 4. The highest BCUT2D eigenvalue weighted by molar-refractivity contribution is 7.80. The first-order chi connectivity index (χ1) is 9.78. The first kappa shape index (κ1) is 14.0. The predicted molar refractivity (Wildman–Crippen MR) is 84.2 cm³/mol. The summed E-state index contributed by atoms with van der Waals surface area (Å²) in [7, 11) is 1.62. The highest BCUT2D eigenvalue weighted by Gasteiger charge is 1.97. The molecule has 102 valence electrons. The van der Waals surface area contributed by atoms with Crippen molar-refractivity contribution in [3.8, 4) is 5.75 Å². The normalized spacial score (nSPS) is 10.2. The molecule has 0 amide bonds. The Hall–Kier alpha value is -2.47. The van der Waals surface area contributed by atoms with Crippen LogP contribution in [0.3, 0.4) is 0 Å². The van der Waals surface area contributed by atoms with Gasteiger partial charge in [0.25, 0.3) is 0 Å². The molecule has 2 N–H and O–H groups in total. The monoisotopic (exact) mass is 286 g/mol. The van der Waals surface area contributed by atoms with Crippen LogP contribution >= 0.6 is 12.2 Å². The summed E-state index contributed by atoms with van der Waals surface area (Å²) < 4.78 is 5.14. The lowest BCUT2D eigenvalue weighted by Crippen LogP contribution is -2.23. The Morgan fingerprint density at radius 1 is 1.30 bits per heavy atom. The zero-order chi connectivity index (χ0) is 14.2. The molecule has 0 fully saturated rings. The third-order valence-electron chi connectivity index (χ3n) is 2.41. The van der Waals surface area contributed by atoms with Crippen LogP contribution in [0.15, 0.2) is 53.9 Å². The maximum absolute atomic E-state index is 5.14. The average molecular weight is 286 g/mol. The van der Waals surface area contributed by atoms with Crippen LogP contribution in [0.5, 0.6) is 5.75 Å². The van der Waals surface area contributed by atoms with E-state index in [9.17, 15) is 0 Å². The summed E-state index contributed by atoms with van der Waals surface area (Å²) >= 11 is 5.14. The molecule has 6 heteroatoms. The van der Waals surface area contributed by atoms with Gasteiger partial charge < -0.3 is 10.1 Å². The first-order valence-electron chi connectivity index (χ1n) is 5.92. The van der Waals surface area contributed by atoms with Crippen LogP contribution in [-0.4, -0.2) is 23.4 Å². The van der Waals surface area contributed by atoms with Crippen molar-refractivity contribution in [1.82, 2.24) is 10.4 Å². The Labute approximate surface area is 122 Å². The Balaban J connectivity index is 1.88. The lowest BCUT2D eigenvalue weighted by atomic mass is 10.3. The summed E-state index contributed by atoms with van der Waals surface area (Å²) in [6.45, 7) is 0. The Kier molecular flexibility index (Phi) is 5.02. The number of anilines is 1. The molecule has 2 rings (SSSR count). The van der Waals surface area contributed by atoms with Gasteiger partial charge in [-0.1, -0.05) is 6.07 Å². The van der Waals surface area contributed by atoms with Crippen molar-refractivity contribution in [1.29, 1.82) is 0 Å². The molecule has 0 spiro atoms. The topological polar surface area (TPSA) is 58.5 Å².